The maximum Gasteiger partial charge on any atom is 0.522 e. The van der Waals surface area contributed by atoms with Crippen molar-refractivity contribution in [1.29, 1.82) is 0 Å². The molecule has 2 aromatic rings. The molecule has 1 saturated carbocycles. The van der Waals surface area contributed by atoms with Gasteiger partial charge in [0.25, 0.3) is 5.91 Å². The molecule has 1 aromatic heterocycles. The lowest BCUT2D eigenvalue weighted by Gasteiger charge is -2.47. The van der Waals surface area contributed by atoms with Gasteiger partial charge in [-0.15, -0.1) is 23.4 Å². The number of nitrogens with zero attached hydrogens (tertiary/aromatic N) is 2. The molecule has 4 aliphatic rings. The van der Waals surface area contributed by atoms with E-state index < -0.39 is 30.3 Å². The Kier molecular flexibility index (Phi) is 6.56. The Morgan fingerprint density at radius 3 is 2.79 bits per heavy atom. The predicted octanol–water partition coefficient (Wildman–Crippen LogP) is 4.43. The van der Waals surface area contributed by atoms with E-state index in [1.165, 1.54) is 0 Å². The SMILES string of the molecule is O=C(NC1CCC2(c3nnc([C@H]4C[C@@H](OC(F)(F)F)C4)o3)CCCC1O2)[C@H]1C[C@@H](O)c2cc(Cl)ccc2O1. The minimum absolute atomic E-state index is 0.113. The first kappa shape index (κ1) is 25.8. The predicted molar refractivity (Wildman–Crippen MR) is 124 cm³/mol. The molecule has 4 heterocycles. The van der Waals surface area contributed by atoms with E-state index in [0.717, 1.165) is 12.8 Å². The van der Waals surface area contributed by atoms with Crippen LogP contribution < -0.4 is 10.1 Å². The molecule has 6 rings (SSSR count). The zero-order valence-corrected chi connectivity index (χ0v) is 21.0. The number of benzene rings is 1. The first-order valence-corrected chi connectivity index (χ1v) is 13.2. The van der Waals surface area contributed by atoms with Gasteiger partial charge < -0.3 is 24.3 Å². The van der Waals surface area contributed by atoms with E-state index in [0.29, 0.717) is 47.4 Å². The number of hydrogen-bond acceptors (Lipinski definition) is 8. The Morgan fingerprint density at radius 1 is 1.18 bits per heavy atom. The highest BCUT2D eigenvalue weighted by molar-refractivity contribution is 6.30. The van der Waals surface area contributed by atoms with Crippen LogP contribution in [0.2, 0.25) is 5.02 Å². The molecule has 38 heavy (non-hydrogen) atoms. The molecular formula is C25H27ClF3N3O6. The van der Waals surface area contributed by atoms with Gasteiger partial charge in [0.1, 0.15) is 11.4 Å². The summed E-state index contributed by atoms with van der Waals surface area (Å²) in [4.78, 5) is 13.1. The van der Waals surface area contributed by atoms with Gasteiger partial charge in [-0.05, 0) is 63.1 Å². The number of aliphatic hydroxyl groups excluding tert-OH is 1. The van der Waals surface area contributed by atoms with Gasteiger partial charge in [0.2, 0.25) is 11.8 Å². The second-order valence-electron chi connectivity index (χ2n) is 10.5. The number of nitrogens with one attached hydrogen (secondary N) is 1. The molecular weight excluding hydrogens is 531 g/mol. The molecule has 3 aliphatic heterocycles. The summed E-state index contributed by atoms with van der Waals surface area (Å²) in [6.45, 7) is 0. The minimum atomic E-state index is -4.66. The fraction of sp³-hybridized carbons (Fsp3) is 0.640. The summed E-state index contributed by atoms with van der Waals surface area (Å²) < 4.78 is 59.5. The van der Waals surface area contributed by atoms with Crippen LogP contribution in [-0.2, 0) is 19.9 Å². The summed E-state index contributed by atoms with van der Waals surface area (Å²) in [7, 11) is 0. The molecule has 2 saturated heterocycles. The Bertz CT molecular complexity index is 1210. The molecule has 9 nitrogen and oxygen atoms in total. The Hall–Kier alpha value is -2.41. The van der Waals surface area contributed by atoms with Crippen LogP contribution in [-0.4, -0.2) is 51.9 Å². The summed E-state index contributed by atoms with van der Waals surface area (Å²) in [6, 6.07) is 4.67. The zero-order chi connectivity index (χ0) is 26.7. The van der Waals surface area contributed by atoms with Gasteiger partial charge in [-0.1, -0.05) is 11.6 Å². The Morgan fingerprint density at radius 2 is 2.00 bits per heavy atom. The highest BCUT2D eigenvalue weighted by Gasteiger charge is 2.51. The van der Waals surface area contributed by atoms with Gasteiger partial charge in [0, 0.05) is 22.9 Å². The molecule has 1 amide bonds. The molecule has 13 heteroatoms. The quantitative estimate of drug-likeness (QED) is 0.554. The lowest BCUT2D eigenvalue weighted by molar-refractivity contribution is -0.352. The van der Waals surface area contributed by atoms with Gasteiger partial charge in [0.05, 0.1) is 24.4 Å². The molecule has 3 unspecified atom stereocenters. The van der Waals surface area contributed by atoms with E-state index in [4.69, 9.17) is 25.5 Å². The molecule has 5 atom stereocenters. The topological polar surface area (TPSA) is 116 Å². The van der Waals surface area contributed by atoms with Crippen LogP contribution in [0.4, 0.5) is 13.2 Å². The number of aliphatic hydroxyl groups is 1. The molecule has 2 bridgehead atoms. The number of aromatic nitrogens is 2. The third kappa shape index (κ3) is 4.99. The van der Waals surface area contributed by atoms with Crippen LogP contribution in [0.3, 0.4) is 0 Å². The largest absolute Gasteiger partial charge is 0.522 e. The van der Waals surface area contributed by atoms with E-state index in [-0.39, 0.29) is 43.2 Å². The minimum Gasteiger partial charge on any atom is -0.480 e. The van der Waals surface area contributed by atoms with Gasteiger partial charge in [-0.3, -0.25) is 9.53 Å². The average Bonchev–Trinajstić information content (AvgIpc) is 3.33. The summed E-state index contributed by atoms with van der Waals surface area (Å²) in [5.41, 5.74) is -0.222. The lowest BCUT2D eigenvalue weighted by Crippen LogP contribution is -2.57. The summed E-state index contributed by atoms with van der Waals surface area (Å²) >= 11 is 6.01. The number of rotatable bonds is 5. The number of carbonyl (C=O) groups is 1. The van der Waals surface area contributed by atoms with Gasteiger partial charge in [0.15, 0.2) is 6.10 Å². The molecule has 0 radical (unpaired) electrons. The Balaban J connectivity index is 1.07. The van der Waals surface area contributed by atoms with Crippen LogP contribution in [0.5, 0.6) is 5.75 Å². The fourth-order valence-electron chi connectivity index (χ4n) is 5.96. The molecule has 2 N–H and O–H groups in total. The summed E-state index contributed by atoms with van der Waals surface area (Å²) in [6.07, 6.45) is -3.71. The van der Waals surface area contributed by atoms with Crippen molar-refractivity contribution in [3.8, 4) is 5.75 Å². The maximum atomic E-state index is 13.1. The zero-order valence-electron chi connectivity index (χ0n) is 20.2. The number of ether oxygens (including phenoxy) is 3. The van der Waals surface area contributed by atoms with Crippen molar-refractivity contribution in [3.05, 3.63) is 40.6 Å². The Labute approximate surface area is 221 Å². The monoisotopic (exact) mass is 557 g/mol. The summed E-state index contributed by atoms with van der Waals surface area (Å²) in [5, 5.41) is 22.3. The highest BCUT2D eigenvalue weighted by Crippen LogP contribution is 2.48. The van der Waals surface area contributed by atoms with Crippen LogP contribution in [0.25, 0.3) is 0 Å². The maximum absolute atomic E-state index is 13.1. The normalized spacial score (nSPS) is 34.6. The number of fused-ring (bicyclic) bond motifs is 3. The third-order valence-corrected chi connectivity index (χ3v) is 8.22. The smallest absolute Gasteiger partial charge is 0.480 e. The van der Waals surface area contributed by atoms with Crippen molar-refractivity contribution in [2.75, 3.05) is 0 Å². The van der Waals surface area contributed by atoms with E-state index in [1.54, 1.807) is 18.2 Å². The van der Waals surface area contributed by atoms with Crippen molar-refractivity contribution in [3.63, 3.8) is 0 Å². The van der Waals surface area contributed by atoms with Crippen molar-refractivity contribution in [2.24, 2.45) is 0 Å². The highest BCUT2D eigenvalue weighted by atomic mass is 35.5. The lowest BCUT2D eigenvalue weighted by atomic mass is 9.79. The third-order valence-electron chi connectivity index (χ3n) is 7.99. The van der Waals surface area contributed by atoms with Gasteiger partial charge in [-0.25, -0.2) is 0 Å². The van der Waals surface area contributed by atoms with Crippen molar-refractivity contribution in [2.45, 2.75) is 99.7 Å². The van der Waals surface area contributed by atoms with Crippen molar-refractivity contribution < 1.29 is 41.7 Å². The average molecular weight is 558 g/mol. The summed E-state index contributed by atoms with van der Waals surface area (Å²) in [5.74, 6) is 0.460. The van der Waals surface area contributed by atoms with Crippen molar-refractivity contribution in [1.82, 2.24) is 15.5 Å². The standard InChI is InChI=1S/C25H27ClF3N3O6/c26-13-3-4-18-15(10-13)17(33)11-20(35-18)21(34)30-16-5-7-24(6-1-2-19(16)38-24)23-32-31-22(36-23)12-8-14(9-12)37-25(27,28)29/h3-4,10,12,14,16-17,19-20,33H,1-2,5-9,11H2,(H,30,34)/t12-,14+,16?,17-,19?,20-,24?/m1/s1. The van der Waals surface area contributed by atoms with Crippen LogP contribution in [0, 0.1) is 0 Å². The second kappa shape index (κ2) is 9.65. The number of carbonyl (C=O) groups excluding carboxylic acids is 1. The molecule has 1 aliphatic carbocycles. The van der Waals surface area contributed by atoms with E-state index in [9.17, 15) is 23.1 Å². The number of halogens is 4. The van der Waals surface area contributed by atoms with Gasteiger partial charge in [-0.2, -0.15) is 0 Å². The van der Waals surface area contributed by atoms with E-state index >= 15 is 0 Å². The molecule has 1 aromatic carbocycles. The van der Waals surface area contributed by atoms with Crippen LogP contribution in [0.1, 0.15) is 80.7 Å². The van der Waals surface area contributed by atoms with Crippen molar-refractivity contribution >= 4 is 17.5 Å². The fourth-order valence-corrected chi connectivity index (χ4v) is 6.14. The van der Waals surface area contributed by atoms with Gasteiger partial charge >= 0.3 is 6.36 Å². The van der Waals surface area contributed by atoms with Crippen LogP contribution in [0.15, 0.2) is 22.6 Å². The van der Waals surface area contributed by atoms with E-state index in [2.05, 4.69) is 20.3 Å². The van der Waals surface area contributed by atoms with E-state index in [1.807, 2.05) is 0 Å². The number of amides is 1. The first-order chi connectivity index (χ1) is 18.1. The number of hydrogen-bond donors (Lipinski definition) is 2. The second-order valence-corrected chi connectivity index (χ2v) is 11.0. The first-order valence-electron chi connectivity index (χ1n) is 12.8. The number of alkyl halides is 3. The molecule has 3 fully saturated rings. The molecule has 206 valence electrons. The molecule has 0 spiro atoms. The van der Waals surface area contributed by atoms with Crippen LogP contribution >= 0.6 is 11.6 Å².